The van der Waals surface area contributed by atoms with Gasteiger partial charge in [-0.25, -0.2) is 4.98 Å². The van der Waals surface area contributed by atoms with Gasteiger partial charge in [0.1, 0.15) is 18.2 Å². The van der Waals surface area contributed by atoms with Gasteiger partial charge in [-0.3, -0.25) is 4.79 Å². The van der Waals surface area contributed by atoms with E-state index in [1.165, 1.54) is 12.5 Å². The predicted octanol–water partition coefficient (Wildman–Crippen LogP) is 3.92. The molecule has 5 heteroatoms. The lowest BCUT2D eigenvalue weighted by atomic mass is 10.0. The van der Waals surface area contributed by atoms with Crippen LogP contribution in [0.4, 0.5) is 0 Å². The quantitative estimate of drug-likeness (QED) is 0.658. The fourth-order valence-electron chi connectivity index (χ4n) is 3.12. The molecule has 1 N–H and O–H groups in total. The van der Waals surface area contributed by atoms with Crippen molar-refractivity contribution < 1.29 is 9.53 Å². The van der Waals surface area contributed by atoms with Gasteiger partial charge in [-0.2, -0.15) is 0 Å². The topological polar surface area (TPSA) is 56.2 Å². The summed E-state index contributed by atoms with van der Waals surface area (Å²) in [4.78, 5) is 15.8. The third kappa shape index (κ3) is 4.88. The number of carbonyl (C=O) groups is 1. The Morgan fingerprint density at radius 2 is 1.89 bits per heavy atom. The van der Waals surface area contributed by atoms with Gasteiger partial charge in [-0.15, -0.1) is 0 Å². The Morgan fingerprint density at radius 3 is 2.59 bits per heavy atom. The first-order valence-corrected chi connectivity index (χ1v) is 9.46. The van der Waals surface area contributed by atoms with Crippen LogP contribution in [0.3, 0.4) is 0 Å². The number of hydrogen-bond donors (Lipinski definition) is 1. The van der Waals surface area contributed by atoms with E-state index < -0.39 is 0 Å². The van der Waals surface area contributed by atoms with Crippen LogP contribution in [0, 0.1) is 0 Å². The molecule has 0 bridgehead atoms. The van der Waals surface area contributed by atoms with E-state index in [0.29, 0.717) is 32.0 Å². The Balaban J connectivity index is 1.68. The van der Waals surface area contributed by atoms with E-state index >= 15 is 0 Å². The normalized spacial score (nSPS) is 11.1. The van der Waals surface area contributed by atoms with Gasteiger partial charge >= 0.3 is 0 Å². The van der Waals surface area contributed by atoms with Crippen molar-refractivity contribution >= 4 is 16.9 Å². The number of aromatic nitrogens is 2. The van der Waals surface area contributed by atoms with Crippen LogP contribution in [0.5, 0.6) is 5.75 Å². The molecule has 5 nitrogen and oxygen atoms in total. The van der Waals surface area contributed by atoms with E-state index in [9.17, 15) is 4.79 Å². The number of ether oxygens (including phenoxy) is 1. The molecule has 0 atom stereocenters. The van der Waals surface area contributed by atoms with Crippen molar-refractivity contribution in [1.29, 1.82) is 0 Å². The number of rotatable bonds is 8. The second-order valence-corrected chi connectivity index (χ2v) is 6.97. The Labute approximate surface area is 160 Å². The smallest absolute Gasteiger partial charge is 0.216 e. The van der Waals surface area contributed by atoms with Gasteiger partial charge in [0.25, 0.3) is 0 Å². The molecule has 0 radical (unpaired) electrons. The maximum atomic E-state index is 11.1. The fourth-order valence-corrected chi connectivity index (χ4v) is 3.12. The molecule has 0 unspecified atom stereocenters. The highest BCUT2D eigenvalue weighted by atomic mass is 16.5. The summed E-state index contributed by atoms with van der Waals surface area (Å²) in [5, 5.41) is 2.84. The minimum atomic E-state index is -0.0224. The molecule has 0 saturated carbocycles. The summed E-state index contributed by atoms with van der Waals surface area (Å²) >= 11 is 0. The molecular weight excluding hydrogens is 338 g/mol. The van der Waals surface area contributed by atoms with Crippen molar-refractivity contribution in [3.8, 4) is 5.75 Å². The van der Waals surface area contributed by atoms with E-state index in [4.69, 9.17) is 9.72 Å². The molecule has 0 aliphatic heterocycles. The van der Waals surface area contributed by atoms with Gasteiger partial charge in [0.15, 0.2) is 0 Å². The Morgan fingerprint density at radius 1 is 1.15 bits per heavy atom. The molecule has 1 amide bonds. The molecule has 0 aliphatic carbocycles. The van der Waals surface area contributed by atoms with Crippen molar-refractivity contribution in [1.82, 2.24) is 14.9 Å². The van der Waals surface area contributed by atoms with Crippen molar-refractivity contribution in [2.75, 3.05) is 13.2 Å². The van der Waals surface area contributed by atoms with Crippen LogP contribution in [0.1, 0.15) is 38.1 Å². The molecule has 0 spiro atoms. The van der Waals surface area contributed by atoms with E-state index in [0.717, 1.165) is 22.6 Å². The van der Waals surface area contributed by atoms with Gasteiger partial charge in [-0.05, 0) is 35.7 Å². The second kappa shape index (κ2) is 8.71. The van der Waals surface area contributed by atoms with E-state index in [1.807, 2.05) is 30.3 Å². The van der Waals surface area contributed by atoms with Crippen molar-refractivity contribution in [3.63, 3.8) is 0 Å². The number of para-hydroxylation sites is 2. The summed E-state index contributed by atoms with van der Waals surface area (Å²) in [5.74, 6) is 2.33. The lowest BCUT2D eigenvalue weighted by molar-refractivity contribution is -0.118. The molecule has 0 fully saturated rings. The average molecular weight is 365 g/mol. The summed E-state index contributed by atoms with van der Waals surface area (Å²) in [7, 11) is 0. The lowest BCUT2D eigenvalue weighted by Crippen LogP contribution is -2.24. The van der Waals surface area contributed by atoms with Gasteiger partial charge < -0.3 is 14.6 Å². The standard InChI is InChI=1S/C22H27N3O2/c1-16(2)18-8-10-19(11-9-18)27-15-14-25-21-7-5-4-6-20(21)24-22(25)12-13-23-17(3)26/h4-11,16H,12-15H2,1-3H3,(H,23,26). The van der Waals surface area contributed by atoms with E-state index in [-0.39, 0.29) is 5.91 Å². The fraction of sp³-hybridized carbons (Fsp3) is 0.364. The molecule has 1 heterocycles. The number of hydrogen-bond acceptors (Lipinski definition) is 3. The van der Waals surface area contributed by atoms with Crippen LogP contribution >= 0.6 is 0 Å². The highest BCUT2D eigenvalue weighted by molar-refractivity contribution is 5.76. The number of carbonyl (C=O) groups excluding carboxylic acids is 1. The van der Waals surface area contributed by atoms with Gasteiger partial charge in [0, 0.05) is 19.9 Å². The molecule has 1 aromatic heterocycles. The van der Waals surface area contributed by atoms with Crippen molar-refractivity contribution in [3.05, 3.63) is 59.9 Å². The van der Waals surface area contributed by atoms with Gasteiger partial charge in [-0.1, -0.05) is 38.1 Å². The van der Waals surface area contributed by atoms with E-state index in [2.05, 4.69) is 41.9 Å². The first-order valence-electron chi connectivity index (χ1n) is 9.46. The van der Waals surface area contributed by atoms with Crippen LogP contribution < -0.4 is 10.1 Å². The zero-order chi connectivity index (χ0) is 19.2. The predicted molar refractivity (Wildman–Crippen MR) is 108 cm³/mol. The van der Waals surface area contributed by atoms with Crippen molar-refractivity contribution in [2.24, 2.45) is 0 Å². The number of nitrogens with one attached hydrogen (secondary N) is 1. The van der Waals surface area contributed by atoms with E-state index in [1.54, 1.807) is 0 Å². The lowest BCUT2D eigenvalue weighted by Gasteiger charge is -2.12. The minimum Gasteiger partial charge on any atom is -0.492 e. The van der Waals surface area contributed by atoms with Crippen LogP contribution in [-0.4, -0.2) is 28.6 Å². The summed E-state index contributed by atoms with van der Waals surface area (Å²) < 4.78 is 8.12. The summed E-state index contributed by atoms with van der Waals surface area (Å²) in [6, 6.07) is 16.4. The highest BCUT2D eigenvalue weighted by Crippen LogP contribution is 2.20. The Bertz CT molecular complexity index is 898. The average Bonchev–Trinajstić information content (AvgIpc) is 2.99. The summed E-state index contributed by atoms with van der Waals surface area (Å²) in [5.41, 5.74) is 3.37. The molecule has 2 aromatic carbocycles. The highest BCUT2D eigenvalue weighted by Gasteiger charge is 2.10. The van der Waals surface area contributed by atoms with Gasteiger partial charge in [0.2, 0.25) is 5.91 Å². The van der Waals surface area contributed by atoms with Crippen LogP contribution in [0.2, 0.25) is 0 Å². The maximum Gasteiger partial charge on any atom is 0.216 e. The number of amides is 1. The zero-order valence-corrected chi connectivity index (χ0v) is 16.2. The zero-order valence-electron chi connectivity index (χ0n) is 16.2. The monoisotopic (exact) mass is 365 g/mol. The maximum absolute atomic E-state index is 11.1. The van der Waals surface area contributed by atoms with Gasteiger partial charge in [0.05, 0.1) is 17.6 Å². The minimum absolute atomic E-state index is 0.0224. The summed E-state index contributed by atoms with van der Waals surface area (Å²) in [6.45, 7) is 7.75. The Hall–Kier alpha value is -2.82. The molecule has 3 aromatic rings. The van der Waals surface area contributed by atoms with Crippen molar-refractivity contribution in [2.45, 2.75) is 39.7 Å². The van der Waals surface area contributed by atoms with Crippen LogP contribution in [0.15, 0.2) is 48.5 Å². The number of benzene rings is 2. The second-order valence-electron chi connectivity index (χ2n) is 6.97. The third-order valence-corrected chi connectivity index (χ3v) is 4.59. The molecular formula is C22H27N3O2. The Kier molecular flexibility index (Phi) is 6.12. The number of nitrogens with zero attached hydrogens (tertiary/aromatic N) is 2. The molecule has 27 heavy (non-hydrogen) atoms. The third-order valence-electron chi connectivity index (χ3n) is 4.59. The molecule has 0 saturated heterocycles. The van der Waals surface area contributed by atoms with Crippen LogP contribution in [0.25, 0.3) is 11.0 Å². The molecule has 142 valence electrons. The molecule has 0 aliphatic rings. The number of fused-ring (bicyclic) bond motifs is 1. The SMILES string of the molecule is CC(=O)NCCc1nc2ccccc2n1CCOc1ccc(C(C)C)cc1. The first kappa shape index (κ1) is 19.0. The van der Waals surface area contributed by atoms with Crippen LogP contribution in [-0.2, 0) is 17.8 Å². The largest absolute Gasteiger partial charge is 0.492 e. The number of imidazole rings is 1. The first-order chi connectivity index (χ1) is 13.0. The molecule has 3 rings (SSSR count). The summed E-state index contributed by atoms with van der Waals surface area (Å²) in [6.07, 6.45) is 0.692.